The molecule has 0 radical (unpaired) electrons. The first-order valence-corrected chi connectivity index (χ1v) is 8.52. The first-order chi connectivity index (χ1) is 9.28. The maximum Gasteiger partial charge on any atom is 0.0965 e. The van der Waals surface area contributed by atoms with Gasteiger partial charge in [0.05, 0.1) is 5.01 Å². The zero-order chi connectivity index (χ0) is 13.2. The molecule has 0 spiro atoms. The molecule has 3 unspecified atom stereocenters. The quantitative estimate of drug-likeness (QED) is 0.898. The second-order valence-electron chi connectivity index (χ2n) is 6.14. The van der Waals surface area contributed by atoms with Crippen molar-refractivity contribution in [3.63, 3.8) is 0 Å². The summed E-state index contributed by atoms with van der Waals surface area (Å²) in [6.07, 6.45) is 6.04. The lowest BCUT2D eigenvalue weighted by molar-refractivity contribution is 0.113. The van der Waals surface area contributed by atoms with Crippen LogP contribution in [0.5, 0.6) is 0 Å². The summed E-state index contributed by atoms with van der Waals surface area (Å²) in [6.45, 7) is 8.20. The molecule has 1 aliphatic carbocycles. The Morgan fingerprint density at radius 2 is 2.37 bits per heavy atom. The zero-order valence-electron chi connectivity index (χ0n) is 12.0. The molecule has 0 bridgehead atoms. The Labute approximate surface area is 120 Å². The van der Waals surface area contributed by atoms with Gasteiger partial charge in [-0.2, -0.15) is 0 Å². The van der Waals surface area contributed by atoms with Crippen molar-refractivity contribution in [3.05, 3.63) is 16.6 Å². The molecule has 1 saturated carbocycles. The molecule has 0 amide bonds. The number of thiazole rings is 1. The van der Waals surface area contributed by atoms with Gasteiger partial charge in [-0.1, -0.05) is 13.8 Å². The Hall–Kier alpha value is -0.450. The molecule has 3 atom stereocenters. The highest BCUT2D eigenvalue weighted by atomic mass is 32.1. The molecule has 1 saturated heterocycles. The summed E-state index contributed by atoms with van der Waals surface area (Å²) < 4.78 is 0. The van der Waals surface area contributed by atoms with Crippen LogP contribution in [0.15, 0.2) is 11.6 Å². The van der Waals surface area contributed by atoms with Gasteiger partial charge in [-0.15, -0.1) is 11.3 Å². The van der Waals surface area contributed by atoms with Gasteiger partial charge < -0.3 is 5.32 Å². The Morgan fingerprint density at radius 3 is 3.00 bits per heavy atom. The maximum absolute atomic E-state index is 4.48. The summed E-state index contributed by atoms with van der Waals surface area (Å²) in [6, 6.07) is 1.45. The molecule has 1 aliphatic heterocycles. The summed E-state index contributed by atoms with van der Waals surface area (Å²) in [7, 11) is 0. The molecule has 2 heterocycles. The number of nitrogens with one attached hydrogen (secondary N) is 1. The fourth-order valence-electron chi connectivity index (χ4n) is 3.23. The predicted octanol–water partition coefficient (Wildman–Crippen LogP) is 2.71. The average Bonchev–Trinajstić information content (AvgIpc) is 3.13. The lowest BCUT2D eigenvalue weighted by Crippen LogP contribution is -2.57. The number of aromatic nitrogens is 1. The van der Waals surface area contributed by atoms with Gasteiger partial charge in [-0.25, -0.2) is 4.98 Å². The van der Waals surface area contributed by atoms with Crippen molar-refractivity contribution in [2.75, 3.05) is 19.6 Å². The van der Waals surface area contributed by atoms with Crippen LogP contribution in [-0.4, -0.2) is 41.6 Å². The molecule has 1 aromatic rings. The number of hydrogen-bond acceptors (Lipinski definition) is 4. The largest absolute Gasteiger partial charge is 0.311 e. The van der Waals surface area contributed by atoms with E-state index in [-0.39, 0.29) is 0 Å². The van der Waals surface area contributed by atoms with E-state index in [1.165, 1.54) is 37.4 Å². The molecule has 4 heteroatoms. The molecular formula is C15H25N3S. The van der Waals surface area contributed by atoms with Crippen molar-refractivity contribution in [1.29, 1.82) is 0 Å². The topological polar surface area (TPSA) is 28.2 Å². The van der Waals surface area contributed by atoms with Crippen LogP contribution < -0.4 is 5.32 Å². The Balaban J connectivity index is 1.62. The monoisotopic (exact) mass is 279 g/mol. The van der Waals surface area contributed by atoms with Crippen LogP contribution in [0.25, 0.3) is 0 Å². The summed E-state index contributed by atoms with van der Waals surface area (Å²) in [5.74, 6) is 1.52. The average molecular weight is 279 g/mol. The van der Waals surface area contributed by atoms with Crippen LogP contribution in [0.3, 0.4) is 0 Å². The number of hydrogen-bond donors (Lipinski definition) is 1. The minimum atomic E-state index is 0.562. The lowest BCUT2D eigenvalue weighted by atomic mass is 10.0. The van der Waals surface area contributed by atoms with E-state index in [0.717, 1.165) is 18.5 Å². The molecule has 2 fully saturated rings. The SMILES string of the molecule is CCC1CNC(C2CC2)CN1CC(C)c1nccs1. The van der Waals surface area contributed by atoms with Crippen molar-refractivity contribution in [3.8, 4) is 0 Å². The van der Waals surface area contributed by atoms with Crippen molar-refractivity contribution in [2.45, 2.75) is 51.1 Å². The van der Waals surface area contributed by atoms with E-state index in [4.69, 9.17) is 0 Å². The van der Waals surface area contributed by atoms with Gasteiger partial charge in [-0.3, -0.25) is 4.90 Å². The van der Waals surface area contributed by atoms with Crippen LogP contribution in [-0.2, 0) is 0 Å². The van der Waals surface area contributed by atoms with Gasteiger partial charge >= 0.3 is 0 Å². The third-order valence-corrected chi connectivity index (χ3v) is 5.61. The molecule has 0 aromatic carbocycles. The maximum atomic E-state index is 4.48. The van der Waals surface area contributed by atoms with Gasteiger partial charge in [-0.05, 0) is 25.2 Å². The summed E-state index contributed by atoms with van der Waals surface area (Å²) >= 11 is 1.79. The van der Waals surface area contributed by atoms with E-state index >= 15 is 0 Å². The number of nitrogens with zero attached hydrogens (tertiary/aromatic N) is 2. The fraction of sp³-hybridized carbons (Fsp3) is 0.800. The van der Waals surface area contributed by atoms with E-state index in [1.807, 2.05) is 6.20 Å². The van der Waals surface area contributed by atoms with Crippen molar-refractivity contribution in [1.82, 2.24) is 15.2 Å². The first-order valence-electron chi connectivity index (χ1n) is 7.64. The summed E-state index contributed by atoms with van der Waals surface area (Å²) in [4.78, 5) is 7.19. The molecular weight excluding hydrogens is 254 g/mol. The van der Waals surface area contributed by atoms with Crippen LogP contribution in [0.1, 0.15) is 44.0 Å². The Kier molecular flexibility index (Phi) is 4.20. The summed E-state index contributed by atoms with van der Waals surface area (Å²) in [5.41, 5.74) is 0. The van der Waals surface area contributed by atoms with Crippen LogP contribution in [0, 0.1) is 5.92 Å². The van der Waals surface area contributed by atoms with E-state index in [0.29, 0.717) is 12.0 Å². The van der Waals surface area contributed by atoms with Crippen molar-refractivity contribution in [2.24, 2.45) is 5.92 Å². The standard InChI is InChI=1S/C15H25N3S/c1-3-13-8-17-14(12-4-5-12)10-18(13)9-11(2)15-16-6-7-19-15/h6-7,11-14,17H,3-5,8-10H2,1-2H3. The highest BCUT2D eigenvalue weighted by Gasteiger charge is 2.37. The molecule has 106 valence electrons. The Bertz CT molecular complexity index is 388. The van der Waals surface area contributed by atoms with Gasteiger partial charge in [0.15, 0.2) is 0 Å². The lowest BCUT2D eigenvalue weighted by Gasteiger charge is -2.41. The van der Waals surface area contributed by atoms with Crippen LogP contribution in [0.4, 0.5) is 0 Å². The number of rotatable bonds is 5. The second kappa shape index (κ2) is 5.90. The van der Waals surface area contributed by atoms with Crippen LogP contribution >= 0.6 is 11.3 Å². The highest BCUT2D eigenvalue weighted by molar-refractivity contribution is 7.09. The third kappa shape index (κ3) is 3.18. The molecule has 19 heavy (non-hydrogen) atoms. The molecule has 1 N–H and O–H groups in total. The zero-order valence-corrected chi connectivity index (χ0v) is 12.8. The van der Waals surface area contributed by atoms with Gasteiger partial charge in [0.1, 0.15) is 0 Å². The van der Waals surface area contributed by atoms with Gasteiger partial charge in [0.2, 0.25) is 0 Å². The van der Waals surface area contributed by atoms with Crippen molar-refractivity contribution >= 4 is 11.3 Å². The number of piperazine rings is 1. The van der Waals surface area contributed by atoms with Crippen LogP contribution in [0.2, 0.25) is 0 Å². The van der Waals surface area contributed by atoms with E-state index in [9.17, 15) is 0 Å². The Morgan fingerprint density at radius 1 is 1.53 bits per heavy atom. The molecule has 1 aromatic heterocycles. The normalized spacial score (nSPS) is 30.4. The fourth-order valence-corrected chi connectivity index (χ4v) is 3.92. The first kappa shape index (κ1) is 13.5. The minimum absolute atomic E-state index is 0.562. The highest BCUT2D eigenvalue weighted by Crippen LogP contribution is 2.35. The van der Waals surface area contributed by atoms with Crippen molar-refractivity contribution < 1.29 is 0 Å². The van der Waals surface area contributed by atoms with E-state index < -0.39 is 0 Å². The van der Waals surface area contributed by atoms with Gasteiger partial charge in [0, 0.05) is 49.2 Å². The smallest absolute Gasteiger partial charge is 0.0965 e. The predicted molar refractivity (Wildman–Crippen MR) is 80.7 cm³/mol. The van der Waals surface area contributed by atoms with Gasteiger partial charge in [0.25, 0.3) is 0 Å². The van der Waals surface area contributed by atoms with E-state index in [2.05, 4.69) is 34.4 Å². The second-order valence-corrected chi connectivity index (χ2v) is 7.07. The molecule has 3 rings (SSSR count). The molecule has 3 nitrogen and oxygen atoms in total. The van der Waals surface area contributed by atoms with E-state index in [1.54, 1.807) is 11.3 Å². The third-order valence-electron chi connectivity index (χ3n) is 4.61. The minimum Gasteiger partial charge on any atom is -0.311 e. The summed E-state index contributed by atoms with van der Waals surface area (Å²) in [5, 5.41) is 7.14. The molecule has 2 aliphatic rings.